The fourth-order valence-corrected chi connectivity index (χ4v) is 2.82. The van der Waals surface area contributed by atoms with Gasteiger partial charge in [0.25, 0.3) is 0 Å². The highest BCUT2D eigenvalue weighted by atomic mass is 79.9. The SMILES string of the molecule is CC(C)(c1cc(Cl)cc(Br)c1)C1(N)CC1. The number of hydrogen-bond donors (Lipinski definition) is 1. The summed E-state index contributed by atoms with van der Waals surface area (Å²) < 4.78 is 1.02. The van der Waals surface area contributed by atoms with E-state index in [0.717, 1.165) is 22.3 Å². The van der Waals surface area contributed by atoms with Crippen LogP contribution in [0.15, 0.2) is 22.7 Å². The maximum absolute atomic E-state index is 6.30. The molecular weight excluding hydrogens is 273 g/mol. The van der Waals surface area contributed by atoms with Crippen molar-refractivity contribution in [2.45, 2.75) is 37.6 Å². The van der Waals surface area contributed by atoms with Crippen LogP contribution in [0, 0.1) is 0 Å². The Kier molecular flexibility index (Phi) is 2.65. The summed E-state index contributed by atoms with van der Waals surface area (Å²) in [6.07, 6.45) is 2.20. The first kappa shape index (κ1) is 11.4. The third kappa shape index (κ3) is 1.95. The Labute approximate surface area is 104 Å². The number of nitrogens with two attached hydrogens (primary N) is 1. The summed E-state index contributed by atoms with van der Waals surface area (Å²) >= 11 is 9.52. The Hall–Kier alpha value is -0.0500. The summed E-state index contributed by atoms with van der Waals surface area (Å²) in [6, 6.07) is 6.02. The molecule has 0 saturated heterocycles. The molecule has 1 aromatic rings. The molecule has 0 aliphatic heterocycles. The van der Waals surface area contributed by atoms with E-state index in [2.05, 4.69) is 35.8 Å². The van der Waals surface area contributed by atoms with Gasteiger partial charge in [0.15, 0.2) is 0 Å². The molecule has 0 unspecified atom stereocenters. The van der Waals surface area contributed by atoms with Crippen LogP contribution in [0.5, 0.6) is 0 Å². The van der Waals surface area contributed by atoms with E-state index in [9.17, 15) is 0 Å². The van der Waals surface area contributed by atoms with Crippen molar-refractivity contribution in [2.75, 3.05) is 0 Å². The third-order valence-electron chi connectivity index (χ3n) is 3.62. The van der Waals surface area contributed by atoms with Crippen LogP contribution in [0.1, 0.15) is 32.3 Å². The molecule has 0 radical (unpaired) electrons. The second kappa shape index (κ2) is 3.47. The van der Waals surface area contributed by atoms with Gasteiger partial charge in [0.2, 0.25) is 0 Å². The minimum absolute atomic E-state index is 0.0135. The summed E-state index contributed by atoms with van der Waals surface area (Å²) in [7, 11) is 0. The van der Waals surface area contributed by atoms with E-state index in [0.29, 0.717) is 0 Å². The summed E-state index contributed by atoms with van der Waals surface area (Å²) in [5.74, 6) is 0. The highest BCUT2D eigenvalue weighted by Crippen LogP contribution is 2.49. The van der Waals surface area contributed by atoms with Crippen LogP contribution in [-0.4, -0.2) is 5.54 Å². The van der Waals surface area contributed by atoms with Gasteiger partial charge in [0.05, 0.1) is 0 Å². The molecule has 0 spiro atoms. The monoisotopic (exact) mass is 287 g/mol. The van der Waals surface area contributed by atoms with Crippen molar-refractivity contribution in [3.05, 3.63) is 33.3 Å². The van der Waals surface area contributed by atoms with Crippen LogP contribution in [0.4, 0.5) is 0 Å². The number of halogens is 2. The van der Waals surface area contributed by atoms with Crippen molar-refractivity contribution in [2.24, 2.45) is 5.73 Å². The molecule has 1 fully saturated rings. The van der Waals surface area contributed by atoms with Crippen molar-refractivity contribution in [1.29, 1.82) is 0 Å². The van der Waals surface area contributed by atoms with Gasteiger partial charge in [-0.1, -0.05) is 41.4 Å². The topological polar surface area (TPSA) is 26.0 Å². The standard InChI is InChI=1S/C12H15BrClN/c1-11(2,12(15)3-4-12)8-5-9(13)7-10(14)6-8/h5-7H,3-4,15H2,1-2H3. The molecule has 1 saturated carbocycles. The van der Waals surface area contributed by atoms with E-state index in [1.54, 1.807) is 0 Å². The molecule has 0 bridgehead atoms. The van der Waals surface area contributed by atoms with Crippen LogP contribution in [0.2, 0.25) is 5.02 Å². The van der Waals surface area contributed by atoms with Gasteiger partial charge in [-0.15, -0.1) is 0 Å². The minimum atomic E-state index is -0.0445. The molecule has 2 rings (SSSR count). The molecule has 82 valence electrons. The number of hydrogen-bond acceptors (Lipinski definition) is 1. The number of benzene rings is 1. The maximum atomic E-state index is 6.30. The first-order valence-corrected chi connectivity index (χ1v) is 6.28. The molecule has 3 heteroatoms. The molecule has 1 nitrogen and oxygen atoms in total. The molecule has 0 amide bonds. The molecule has 0 atom stereocenters. The maximum Gasteiger partial charge on any atom is 0.0420 e. The Morgan fingerprint density at radius 1 is 1.33 bits per heavy atom. The Bertz CT molecular complexity index is 376. The normalized spacial score (nSPS) is 19.0. The van der Waals surface area contributed by atoms with E-state index in [4.69, 9.17) is 17.3 Å². The molecule has 1 aliphatic carbocycles. The fraction of sp³-hybridized carbons (Fsp3) is 0.500. The van der Waals surface area contributed by atoms with Crippen molar-refractivity contribution >= 4 is 27.5 Å². The van der Waals surface area contributed by atoms with E-state index in [-0.39, 0.29) is 11.0 Å². The highest BCUT2D eigenvalue weighted by Gasteiger charge is 2.51. The average molecular weight is 289 g/mol. The number of rotatable bonds is 2. The zero-order valence-electron chi connectivity index (χ0n) is 8.98. The van der Waals surface area contributed by atoms with Gasteiger partial charge in [0, 0.05) is 20.4 Å². The Morgan fingerprint density at radius 2 is 1.93 bits per heavy atom. The Morgan fingerprint density at radius 3 is 2.40 bits per heavy atom. The van der Waals surface area contributed by atoms with Gasteiger partial charge in [-0.2, -0.15) is 0 Å². The second-order valence-electron chi connectivity index (χ2n) is 4.94. The lowest BCUT2D eigenvalue weighted by atomic mass is 9.76. The van der Waals surface area contributed by atoms with Crippen molar-refractivity contribution in [1.82, 2.24) is 0 Å². The minimum Gasteiger partial charge on any atom is -0.324 e. The van der Waals surface area contributed by atoms with Crippen LogP contribution in [0.3, 0.4) is 0 Å². The predicted molar refractivity (Wildman–Crippen MR) is 68.3 cm³/mol. The van der Waals surface area contributed by atoms with Gasteiger partial charge in [-0.05, 0) is 36.6 Å². The van der Waals surface area contributed by atoms with Crippen molar-refractivity contribution < 1.29 is 0 Å². The highest BCUT2D eigenvalue weighted by molar-refractivity contribution is 9.10. The predicted octanol–water partition coefficient (Wildman–Crippen LogP) is 3.87. The molecule has 1 aliphatic rings. The van der Waals surface area contributed by atoms with Gasteiger partial charge < -0.3 is 5.73 Å². The summed E-state index contributed by atoms with van der Waals surface area (Å²) in [6.45, 7) is 4.39. The van der Waals surface area contributed by atoms with Gasteiger partial charge in [0.1, 0.15) is 0 Å². The smallest absolute Gasteiger partial charge is 0.0420 e. The quantitative estimate of drug-likeness (QED) is 0.878. The van der Waals surface area contributed by atoms with Crippen LogP contribution < -0.4 is 5.73 Å². The first-order chi connectivity index (χ1) is 6.85. The van der Waals surface area contributed by atoms with E-state index < -0.39 is 0 Å². The molecule has 2 N–H and O–H groups in total. The van der Waals surface area contributed by atoms with Gasteiger partial charge in [-0.25, -0.2) is 0 Å². The van der Waals surface area contributed by atoms with Crippen LogP contribution in [-0.2, 0) is 5.41 Å². The largest absolute Gasteiger partial charge is 0.324 e. The van der Waals surface area contributed by atoms with E-state index >= 15 is 0 Å². The summed E-state index contributed by atoms with van der Waals surface area (Å²) in [4.78, 5) is 0. The van der Waals surface area contributed by atoms with Crippen molar-refractivity contribution in [3.8, 4) is 0 Å². The molecular formula is C12H15BrClN. The fourth-order valence-electron chi connectivity index (χ4n) is 1.96. The molecule has 1 aromatic carbocycles. The average Bonchev–Trinajstić information content (AvgIpc) is 2.83. The van der Waals surface area contributed by atoms with E-state index in [1.807, 2.05) is 12.1 Å². The first-order valence-electron chi connectivity index (χ1n) is 5.11. The van der Waals surface area contributed by atoms with Gasteiger partial charge in [-0.3, -0.25) is 0 Å². The zero-order chi connectivity index (χ0) is 11.3. The van der Waals surface area contributed by atoms with Crippen LogP contribution >= 0.6 is 27.5 Å². The summed E-state index contributed by atoms with van der Waals surface area (Å²) in [5.41, 5.74) is 7.45. The summed E-state index contributed by atoms with van der Waals surface area (Å²) in [5, 5.41) is 0.761. The molecule has 15 heavy (non-hydrogen) atoms. The lowest BCUT2D eigenvalue weighted by Crippen LogP contribution is -2.43. The lowest BCUT2D eigenvalue weighted by Gasteiger charge is -2.32. The van der Waals surface area contributed by atoms with Crippen molar-refractivity contribution in [3.63, 3.8) is 0 Å². The van der Waals surface area contributed by atoms with E-state index in [1.165, 1.54) is 5.56 Å². The Balaban J connectivity index is 2.44. The third-order valence-corrected chi connectivity index (χ3v) is 4.29. The lowest BCUT2D eigenvalue weighted by molar-refractivity contribution is 0.391. The molecule has 0 aromatic heterocycles. The van der Waals surface area contributed by atoms with Crippen LogP contribution in [0.25, 0.3) is 0 Å². The molecule has 0 heterocycles. The second-order valence-corrected chi connectivity index (χ2v) is 6.29. The zero-order valence-corrected chi connectivity index (χ0v) is 11.3. The van der Waals surface area contributed by atoms with Gasteiger partial charge >= 0.3 is 0 Å².